The fourth-order valence-electron chi connectivity index (χ4n) is 8.67. The third-order valence-corrected chi connectivity index (χ3v) is 15.1. The maximum atomic E-state index is 13.8. The van der Waals surface area contributed by atoms with Gasteiger partial charge in [0.25, 0.3) is 0 Å². The zero-order valence-corrected chi connectivity index (χ0v) is 52.7. The molecular formula is C64H69Cl3F5N7O9. The van der Waals surface area contributed by atoms with Crippen LogP contribution in [0.3, 0.4) is 0 Å². The Bertz CT molecular complexity index is 3850. The fourth-order valence-corrected chi connectivity index (χ4v) is 9.04. The van der Waals surface area contributed by atoms with E-state index in [-0.39, 0.29) is 63.5 Å². The van der Waals surface area contributed by atoms with Gasteiger partial charge in [-0.25, -0.2) is 28.3 Å². The summed E-state index contributed by atoms with van der Waals surface area (Å²) in [6.07, 6.45) is -2.32. The monoisotopic (exact) mass is 1280 g/mol. The highest BCUT2D eigenvalue weighted by molar-refractivity contribution is 6.31. The lowest BCUT2D eigenvalue weighted by molar-refractivity contribution is -0.263. The number of methoxy groups -OCH3 is 2. The first-order chi connectivity index (χ1) is 40.5. The molecule has 0 bridgehead atoms. The summed E-state index contributed by atoms with van der Waals surface area (Å²) >= 11 is 11.9. The number of hydrogen-bond acceptors (Lipinski definition) is 14. The number of pyridine rings is 4. The summed E-state index contributed by atoms with van der Waals surface area (Å²) in [4.78, 5) is 55.1. The Labute approximate surface area is 522 Å². The first-order valence-electron chi connectivity index (χ1n) is 27.0. The number of nitrogens with one attached hydrogen (secondary N) is 1. The van der Waals surface area contributed by atoms with Gasteiger partial charge in [0.05, 0.1) is 58.1 Å². The number of hydrogen-bond donors (Lipinski definition) is 5. The number of Topliss-reactive ketones (excluding diaryl/α,β-unsaturated/α-hetero) is 1. The summed E-state index contributed by atoms with van der Waals surface area (Å²) in [7, 11) is 6.31. The van der Waals surface area contributed by atoms with Crippen molar-refractivity contribution in [3.05, 3.63) is 177 Å². The minimum Gasteiger partial charge on any atom is -0.494 e. The molecule has 6 N–H and O–H groups in total. The number of fused-ring (bicyclic) bond motifs is 2. The largest absolute Gasteiger partial charge is 0.494 e. The van der Waals surface area contributed by atoms with Crippen LogP contribution in [0, 0.1) is 11.6 Å². The number of aliphatic hydroxyl groups is 2. The smallest absolute Gasteiger partial charge is 0.424 e. The summed E-state index contributed by atoms with van der Waals surface area (Å²) in [5.74, 6) is -1.35. The van der Waals surface area contributed by atoms with Crippen LogP contribution in [0.4, 0.5) is 26.7 Å². The van der Waals surface area contributed by atoms with Crippen LogP contribution < -0.4 is 20.5 Å². The molecule has 2 unspecified atom stereocenters. The third kappa shape index (κ3) is 16.5. The van der Waals surface area contributed by atoms with Crippen LogP contribution in [-0.4, -0.2) is 105 Å². The molecule has 1 amide bonds. The number of carboxylic acid groups (broad SMARTS) is 1. The molecule has 4 aromatic heterocycles. The van der Waals surface area contributed by atoms with E-state index in [1.807, 2.05) is 39.1 Å². The molecule has 8 aromatic rings. The molecule has 0 saturated heterocycles. The number of ether oxygens (including phenoxy) is 3. The second-order valence-electron chi connectivity index (χ2n) is 22.6. The minimum absolute atomic E-state index is 0. The number of ketones is 1. The number of nitrogens with two attached hydrogens (primary N) is 1. The summed E-state index contributed by atoms with van der Waals surface area (Å²) in [5.41, 5.74) is 2.03. The molecule has 0 spiro atoms. The van der Waals surface area contributed by atoms with Gasteiger partial charge >= 0.3 is 18.2 Å². The Balaban J connectivity index is 0.000000259. The molecule has 4 heterocycles. The Morgan fingerprint density at radius 1 is 0.670 bits per heavy atom. The van der Waals surface area contributed by atoms with Crippen LogP contribution in [-0.2, 0) is 27.0 Å². The van der Waals surface area contributed by atoms with E-state index in [0.717, 1.165) is 28.5 Å². The lowest BCUT2D eigenvalue weighted by atomic mass is 9.87. The zero-order chi connectivity index (χ0) is 64.8. The second kappa shape index (κ2) is 28.2. The number of benzene rings is 4. The number of carbonyl (C=O) groups is 3. The number of carbonyl (C=O) groups excluding carboxylic acids is 2. The van der Waals surface area contributed by atoms with Crippen molar-refractivity contribution in [1.82, 2.24) is 30.2 Å². The van der Waals surface area contributed by atoms with E-state index in [2.05, 4.69) is 20.3 Å². The molecule has 8 rings (SSSR count). The molecule has 0 saturated carbocycles. The summed E-state index contributed by atoms with van der Waals surface area (Å²) in [6, 6.07) is 27.9. The Hall–Kier alpha value is -7.63. The first kappa shape index (κ1) is 71.1. The van der Waals surface area contributed by atoms with Crippen molar-refractivity contribution in [3.63, 3.8) is 0 Å². The number of halogens is 8. The SMILES string of the molecule is CN(C(=O)OC(C)(C)C)C(C)(C)c1cc(-c2ccc(F)c(Cl)c2)nc(C(O)(CN)C(F)(F)F)c1.CNC(C)(C)c1cc(-c2ccc(F)c(Cl)c2)nc(C(C)(O)CCC(=O)c2cc(OC)c3ncccc3c2)c1.COc1cc(C(=O)O)cc2cccnc12.Cl. The highest BCUT2D eigenvalue weighted by atomic mass is 35.5. The predicted molar refractivity (Wildman–Crippen MR) is 331 cm³/mol. The molecule has 0 radical (unpaired) electrons. The molecule has 16 nitrogen and oxygen atoms in total. The van der Waals surface area contributed by atoms with Gasteiger partial charge in [-0.1, -0.05) is 35.3 Å². The van der Waals surface area contributed by atoms with Gasteiger partial charge < -0.3 is 45.5 Å². The van der Waals surface area contributed by atoms with Gasteiger partial charge in [-0.05, 0) is 177 Å². The van der Waals surface area contributed by atoms with Crippen molar-refractivity contribution in [2.24, 2.45) is 5.73 Å². The Morgan fingerprint density at radius 3 is 1.58 bits per heavy atom. The molecule has 0 fully saturated rings. The van der Waals surface area contributed by atoms with E-state index in [1.165, 1.54) is 55.5 Å². The van der Waals surface area contributed by atoms with Gasteiger partial charge in [-0.2, -0.15) is 13.2 Å². The highest BCUT2D eigenvalue weighted by Crippen LogP contribution is 2.42. The van der Waals surface area contributed by atoms with Crippen LogP contribution in [0.25, 0.3) is 44.3 Å². The lowest BCUT2D eigenvalue weighted by Crippen LogP contribution is -2.49. The topological polar surface area (TPSA) is 232 Å². The van der Waals surface area contributed by atoms with Crippen LogP contribution >= 0.6 is 35.6 Å². The van der Waals surface area contributed by atoms with Crippen molar-refractivity contribution >= 4 is 75.3 Å². The number of alkyl halides is 3. The molecule has 2 atom stereocenters. The van der Waals surface area contributed by atoms with Crippen LogP contribution in [0.5, 0.6) is 11.5 Å². The maximum Gasteiger partial charge on any atom is 0.424 e. The van der Waals surface area contributed by atoms with E-state index in [9.17, 15) is 46.5 Å². The van der Waals surface area contributed by atoms with E-state index < -0.39 is 70.0 Å². The molecule has 0 aliphatic heterocycles. The highest BCUT2D eigenvalue weighted by Gasteiger charge is 2.56. The Kier molecular flexibility index (Phi) is 22.8. The molecule has 24 heteroatoms. The quantitative estimate of drug-likeness (QED) is 0.0447. The second-order valence-corrected chi connectivity index (χ2v) is 23.4. The van der Waals surface area contributed by atoms with Gasteiger partial charge in [0, 0.05) is 65.4 Å². The van der Waals surface area contributed by atoms with Crippen LogP contribution in [0.2, 0.25) is 10.0 Å². The van der Waals surface area contributed by atoms with Gasteiger partial charge in [0.2, 0.25) is 5.60 Å². The molecule has 88 heavy (non-hydrogen) atoms. The standard InChI is InChI=1S/C30H31ClFN3O3.C23H28ClF4N3O3.C11H9NO3.ClH/c1-29(2,33-4)21-16-24(18-8-9-23(32)22(31)14-18)35-27(17-21)30(3,37)11-10-25(36)20-13-19-7-6-12-34-28(19)26(15-20)38-5;1-20(2,3)34-19(32)31(6)21(4,5)14-10-17(13-7-8-16(25)15(24)9-13)30-18(11-14)22(33,12-29)23(26,27)28;1-15-9-6-8(11(13)14)5-7-3-2-4-12-10(7)9;/h6-9,12-17,33,37H,10-11H2,1-5H3;7-11,33H,12,29H2,1-6H3;2-6H,1H3,(H,13,14);1H. The van der Waals surface area contributed by atoms with E-state index in [1.54, 1.807) is 104 Å². The molecule has 4 aromatic carbocycles. The van der Waals surface area contributed by atoms with E-state index in [0.29, 0.717) is 45.0 Å². The number of carboxylic acids is 1. The number of aromatic carboxylic acids is 1. The van der Waals surface area contributed by atoms with Crippen LogP contribution in [0.1, 0.15) is 111 Å². The maximum absolute atomic E-state index is 13.8. The van der Waals surface area contributed by atoms with Crippen molar-refractivity contribution in [2.75, 3.05) is 34.9 Å². The molecule has 0 aliphatic rings. The number of rotatable bonds is 16. The summed E-state index contributed by atoms with van der Waals surface area (Å²) in [6.45, 7) is 12.7. The van der Waals surface area contributed by atoms with Gasteiger partial charge in [0.1, 0.15) is 45.4 Å². The number of aromatic nitrogens is 4. The first-order valence-corrected chi connectivity index (χ1v) is 27.7. The number of amides is 1. The molecular weight excluding hydrogens is 1210 g/mol. The fraction of sp³-hybridized carbons (Fsp3) is 0.328. The van der Waals surface area contributed by atoms with Crippen molar-refractivity contribution in [1.29, 1.82) is 0 Å². The number of nitrogens with zero attached hydrogens (tertiary/aromatic N) is 5. The van der Waals surface area contributed by atoms with Gasteiger partial charge in [0.15, 0.2) is 5.78 Å². The lowest BCUT2D eigenvalue weighted by Gasteiger charge is -2.38. The summed E-state index contributed by atoms with van der Waals surface area (Å²) < 4.78 is 84.9. The van der Waals surface area contributed by atoms with Crippen molar-refractivity contribution < 1.29 is 65.9 Å². The third-order valence-electron chi connectivity index (χ3n) is 14.6. The zero-order valence-electron chi connectivity index (χ0n) is 50.3. The van der Waals surface area contributed by atoms with Gasteiger partial charge in [-0.3, -0.25) is 14.8 Å². The molecule has 0 aliphatic carbocycles. The Morgan fingerprint density at radius 2 is 1.14 bits per heavy atom. The predicted octanol–water partition coefficient (Wildman–Crippen LogP) is 14.1. The van der Waals surface area contributed by atoms with Crippen LogP contribution in [0.15, 0.2) is 122 Å². The van der Waals surface area contributed by atoms with E-state index >= 15 is 0 Å². The van der Waals surface area contributed by atoms with Crippen molar-refractivity contribution in [2.45, 2.75) is 102 Å². The average molecular weight is 1280 g/mol. The van der Waals surface area contributed by atoms with Crippen molar-refractivity contribution in [3.8, 4) is 34.0 Å². The normalized spacial score (nSPS) is 13.1. The average Bonchev–Trinajstić information content (AvgIpc) is 1.11. The van der Waals surface area contributed by atoms with Gasteiger partial charge in [-0.15, -0.1) is 12.4 Å². The van der Waals surface area contributed by atoms with E-state index in [4.69, 9.17) is 53.2 Å². The minimum atomic E-state index is -5.15. The molecule has 470 valence electrons. The summed E-state index contributed by atoms with van der Waals surface area (Å²) in [5, 5.41) is 35.5.